The van der Waals surface area contributed by atoms with Crippen molar-refractivity contribution >= 4 is 5.97 Å². The van der Waals surface area contributed by atoms with E-state index in [2.05, 4.69) is 0 Å². The van der Waals surface area contributed by atoms with Crippen LogP contribution in [0.2, 0.25) is 0 Å². The number of aliphatic carboxylic acids is 1. The smallest absolute Gasteiger partial charge is 0.317 e. The lowest BCUT2D eigenvalue weighted by Crippen LogP contribution is -2.30. The predicted molar refractivity (Wildman–Crippen MR) is 86.1 cm³/mol. The summed E-state index contributed by atoms with van der Waals surface area (Å²) in [6.45, 7) is 3.34. The molecule has 0 atom stereocenters. The van der Waals surface area contributed by atoms with Gasteiger partial charge in [0.15, 0.2) is 0 Å². The second kappa shape index (κ2) is 8.29. The van der Waals surface area contributed by atoms with Crippen molar-refractivity contribution < 1.29 is 19.0 Å². The maximum absolute atomic E-state index is 13.1. The predicted octanol–water partition coefficient (Wildman–Crippen LogP) is 3.91. The van der Waals surface area contributed by atoms with Crippen LogP contribution in [0.25, 0.3) is 0 Å². The third kappa shape index (κ3) is 5.71. The van der Waals surface area contributed by atoms with E-state index in [9.17, 15) is 9.18 Å². The maximum Gasteiger partial charge on any atom is 0.317 e. The zero-order valence-electron chi connectivity index (χ0n) is 13.0. The number of carboxylic acid groups (broad SMARTS) is 1. The summed E-state index contributed by atoms with van der Waals surface area (Å²) >= 11 is 0. The number of carbonyl (C=O) groups is 1. The minimum Gasteiger partial charge on any atom is -0.480 e. The van der Waals surface area contributed by atoms with Gasteiger partial charge in [-0.3, -0.25) is 9.69 Å². The van der Waals surface area contributed by atoms with Crippen LogP contribution in [0.15, 0.2) is 48.5 Å². The summed E-state index contributed by atoms with van der Waals surface area (Å²) in [4.78, 5) is 12.7. The number of hydrogen-bond acceptors (Lipinski definition) is 3. The van der Waals surface area contributed by atoms with Crippen molar-refractivity contribution in [3.63, 3.8) is 0 Å². The Bertz CT molecular complexity index is 643. The second-order valence-electron chi connectivity index (χ2n) is 5.31. The monoisotopic (exact) mass is 317 g/mol. The van der Waals surface area contributed by atoms with Gasteiger partial charge in [-0.2, -0.15) is 0 Å². The molecule has 2 aromatic carbocycles. The minimum absolute atomic E-state index is 0.0232. The van der Waals surface area contributed by atoms with E-state index in [0.717, 1.165) is 18.5 Å². The van der Waals surface area contributed by atoms with E-state index >= 15 is 0 Å². The summed E-state index contributed by atoms with van der Waals surface area (Å²) in [5.74, 6) is -0.122. The van der Waals surface area contributed by atoms with Crippen LogP contribution < -0.4 is 4.74 Å². The summed E-state index contributed by atoms with van der Waals surface area (Å²) in [6.07, 6.45) is 0.897. The number of carboxylic acids is 1. The van der Waals surface area contributed by atoms with Gasteiger partial charge < -0.3 is 9.84 Å². The number of rotatable bonds is 8. The Morgan fingerprint density at radius 1 is 1.17 bits per heavy atom. The van der Waals surface area contributed by atoms with E-state index in [0.29, 0.717) is 18.0 Å². The molecule has 1 N–H and O–H groups in total. The molecule has 4 nitrogen and oxygen atoms in total. The zero-order chi connectivity index (χ0) is 16.7. The van der Waals surface area contributed by atoms with Crippen LogP contribution in [0.5, 0.6) is 11.5 Å². The molecule has 0 unspecified atom stereocenters. The lowest BCUT2D eigenvalue weighted by molar-refractivity contribution is -0.138. The second-order valence-corrected chi connectivity index (χ2v) is 5.31. The third-order valence-corrected chi connectivity index (χ3v) is 3.26. The van der Waals surface area contributed by atoms with Gasteiger partial charge in [0.1, 0.15) is 17.3 Å². The first-order chi connectivity index (χ1) is 11.1. The molecule has 5 heteroatoms. The summed E-state index contributed by atoms with van der Waals surface area (Å²) in [5, 5.41) is 8.93. The third-order valence-electron chi connectivity index (χ3n) is 3.26. The van der Waals surface area contributed by atoms with E-state index in [-0.39, 0.29) is 12.4 Å². The fourth-order valence-electron chi connectivity index (χ4n) is 2.31. The summed E-state index contributed by atoms with van der Waals surface area (Å²) in [7, 11) is 0. The number of halogens is 1. The van der Waals surface area contributed by atoms with Crippen LogP contribution in [0.1, 0.15) is 18.9 Å². The average Bonchev–Trinajstić information content (AvgIpc) is 2.49. The molecule has 0 bridgehead atoms. The molecule has 0 amide bonds. The summed E-state index contributed by atoms with van der Waals surface area (Å²) in [5.41, 5.74) is 1.01. The topological polar surface area (TPSA) is 49.8 Å². The molecule has 0 aliphatic carbocycles. The van der Waals surface area contributed by atoms with E-state index in [1.54, 1.807) is 24.3 Å². The molecule has 0 aliphatic rings. The molecule has 122 valence electrons. The minimum atomic E-state index is -0.829. The zero-order valence-corrected chi connectivity index (χ0v) is 13.0. The normalized spacial score (nSPS) is 10.7. The molecule has 0 saturated heterocycles. The first-order valence-corrected chi connectivity index (χ1v) is 7.53. The fraction of sp³-hybridized carbons (Fsp3) is 0.278. The van der Waals surface area contributed by atoms with Crippen LogP contribution in [0.3, 0.4) is 0 Å². The van der Waals surface area contributed by atoms with Gasteiger partial charge in [0.2, 0.25) is 0 Å². The van der Waals surface area contributed by atoms with Crippen molar-refractivity contribution in [2.75, 3.05) is 13.1 Å². The standard InChI is InChI=1S/C18H20FNO3/c1-2-10-20(13-18(21)22)12-14-6-8-16(9-7-14)23-17-5-3-4-15(19)11-17/h3-9,11H,2,10,12-13H2,1H3,(H,21,22). The lowest BCUT2D eigenvalue weighted by Gasteiger charge is -2.19. The molecule has 0 heterocycles. The van der Waals surface area contributed by atoms with Crippen molar-refractivity contribution in [2.45, 2.75) is 19.9 Å². The van der Waals surface area contributed by atoms with Gasteiger partial charge >= 0.3 is 5.97 Å². The molecule has 2 rings (SSSR count). The Labute approximate surface area is 135 Å². The van der Waals surface area contributed by atoms with Crippen molar-refractivity contribution in [1.29, 1.82) is 0 Å². The van der Waals surface area contributed by atoms with Gasteiger partial charge in [-0.25, -0.2) is 4.39 Å². The molecular weight excluding hydrogens is 297 g/mol. The first kappa shape index (κ1) is 17.0. The maximum atomic E-state index is 13.1. The van der Waals surface area contributed by atoms with Gasteiger partial charge in [-0.15, -0.1) is 0 Å². The quantitative estimate of drug-likeness (QED) is 0.802. The molecule has 0 saturated carbocycles. The van der Waals surface area contributed by atoms with Crippen molar-refractivity contribution in [1.82, 2.24) is 4.90 Å². The Morgan fingerprint density at radius 2 is 1.91 bits per heavy atom. The van der Waals surface area contributed by atoms with E-state index in [1.807, 2.05) is 24.0 Å². The van der Waals surface area contributed by atoms with Gasteiger partial charge in [-0.05, 0) is 42.8 Å². The SMILES string of the molecule is CCCN(CC(=O)O)Cc1ccc(Oc2cccc(F)c2)cc1. The Balaban J connectivity index is 1.99. The van der Waals surface area contributed by atoms with Crippen molar-refractivity contribution in [2.24, 2.45) is 0 Å². The molecule has 0 fully saturated rings. The van der Waals surface area contributed by atoms with Crippen LogP contribution in [0, 0.1) is 5.82 Å². The first-order valence-electron chi connectivity index (χ1n) is 7.53. The highest BCUT2D eigenvalue weighted by molar-refractivity contribution is 5.69. The summed E-state index contributed by atoms with van der Waals surface area (Å²) < 4.78 is 18.7. The molecule has 0 spiro atoms. The molecule has 2 aromatic rings. The fourth-order valence-corrected chi connectivity index (χ4v) is 2.31. The average molecular weight is 317 g/mol. The van der Waals surface area contributed by atoms with Crippen LogP contribution in [-0.2, 0) is 11.3 Å². The number of ether oxygens (including phenoxy) is 1. The number of benzene rings is 2. The highest BCUT2D eigenvalue weighted by atomic mass is 19.1. The number of hydrogen-bond donors (Lipinski definition) is 1. The van der Waals surface area contributed by atoms with E-state index in [1.165, 1.54) is 12.1 Å². The van der Waals surface area contributed by atoms with E-state index < -0.39 is 5.97 Å². The van der Waals surface area contributed by atoms with E-state index in [4.69, 9.17) is 9.84 Å². The van der Waals surface area contributed by atoms with Gasteiger partial charge in [0.05, 0.1) is 6.54 Å². The Kier molecular flexibility index (Phi) is 6.11. The Morgan fingerprint density at radius 3 is 2.52 bits per heavy atom. The molecule has 0 aliphatic heterocycles. The largest absolute Gasteiger partial charge is 0.480 e. The van der Waals surface area contributed by atoms with Gasteiger partial charge in [-0.1, -0.05) is 25.1 Å². The molecule has 0 aromatic heterocycles. The molecule has 23 heavy (non-hydrogen) atoms. The highest BCUT2D eigenvalue weighted by Gasteiger charge is 2.09. The number of nitrogens with zero attached hydrogens (tertiary/aromatic N) is 1. The Hall–Kier alpha value is -2.40. The molecule has 0 radical (unpaired) electrons. The summed E-state index contributed by atoms with van der Waals surface area (Å²) in [6, 6.07) is 13.3. The van der Waals surface area contributed by atoms with Crippen molar-refractivity contribution in [3.05, 3.63) is 59.9 Å². The van der Waals surface area contributed by atoms with Crippen LogP contribution in [-0.4, -0.2) is 29.1 Å². The molecular formula is C18H20FNO3. The van der Waals surface area contributed by atoms with Crippen LogP contribution >= 0.6 is 0 Å². The van der Waals surface area contributed by atoms with Crippen molar-refractivity contribution in [3.8, 4) is 11.5 Å². The van der Waals surface area contributed by atoms with Crippen LogP contribution in [0.4, 0.5) is 4.39 Å². The van der Waals surface area contributed by atoms with Gasteiger partial charge in [0, 0.05) is 12.6 Å². The van der Waals surface area contributed by atoms with Gasteiger partial charge in [0.25, 0.3) is 0 Å². The highest BCUT2D eigenvalue weighted by Crippen LogP contribution is 2.22. The lowest BCUT2D eigenvalue weighted by atomic mass is 10.2.